The van der Waals surface area contributed by atoms with Gasteiger partial charge in [0.1, 0.15) is 4.75 Å². The van der Waals surface area contributed by atoms with Crippen LogP contribution in [0.3, 0.4) is 0 Å². The molecule has 4 fully saturated rings. The van der Waals surface area contributed by atoms with Crippen molar-refractivity contribution >= 4 is 10.1 Å². The summed E-state index contributed by atoms with van der Waals surface area (Å²) in [6.07, 6.45) is 13.9. The monoisotopic (exact) mass is 366 g/mol. The smallest absolute Gasteiger partial charge is 0.277 e. The van der Waals surface area contributed by atoms with Crippen LogP contribution in [0.4, 0.5) is 0 Å². The maximum Gasteiger partial charge on any atom is 0.277 e. The van der Waals surface area contributed by atoms with Crippen LogP contribution < -0.4 is 0 Å². The first-order valence-corrected chi connectivity index (χ1v) is 11.0. The van der Waals surface area contributed by atoms with Crippen molar-refractivity contribution in [2.75, 3.05) is 13.2 Å². The highest BCUT2D eigenvalue weighted by Gasteiger charge is 2.58. The summed E-state index contributed by atoms with van der Waals surface area (Å²) in [4.78, 5) is 0. The van der Waals surface area contributed by atoms with E-state index in [4.69, 9.17) is 4.18 Å². The Morgan fingerprint density at radius 2 is 1.76 bits per heavy atom. The average molecular weight is 367 g/mol. The lowest BCUT2D eigenvalue weighted by molar-refractivity contribution is -0.141. The molecule has 25 heavy (non-hydrogen) atoms. The van der Waals surface area contributed by atoms with Crippen LogP contribution in [0.25, 0.3) is 0 Å². The van der Waals surface area contributed by atoms with Crippen molar-refractivity contribution in [1.82, 2.24) is 0 Å². The van der Waals surface area contributed by atoms with Gasteiger partial charge >= 0.3 is 0 Å². The molecule has 0 aromatic carbocycles. The van der Waals surface area contributed by atoms with Gasteiger partial charge in [0.2, 0.25) is 0 Å². The van der Waals surface area contributed by atoms with Gasteiger partial charge in [0.05, 0.1) is 6.61 Å². The minimum absolute atomic E-state index is 0.0158. The maximum atomic E-state index is 13.0. The standard InChI is InChI=1S/C20H30O4S/c1-15-5-3-4-6-18(15,2)25(22,23)24-14-20-10-16-7-17(11-20)9-19(8-16,12-20)13-21/h3-6,15-17,21H,7-14H2,1-2H3. The summed E-state index contributed by atoms with van der Waals surface area (Å²) in [7, 11) is -3.70. The normalized spacial score (nSPS) is 48.2. The molecule has 0 amide bonds. The van der Waals surface area contributed by atoms with Gasteiger partial charge in [-0.15, -0.1) is 0 Å². The lowest BCUT2D eigenvalue weighted by atomic mass is 9.44. The Balaban J connectivity index is 1.53. The lowest BCUT2D eigenvalue weighted by Crippen LogP contribution is -2.55. The maximum absolute atomic E-state index is 13.0. The number of allylic oxidation sites excluding steroid dienone is 3. The number of hydrogen-bond donors (Lipinski definition) is 1. The molecule has 4 unspecified atom stereocenters. The SMILES string of the molecule is CC1C=CC=CC1(C)S(=O)(=O)OCC12CC3CC(CC(CO)(C3)C1)C2. The van der Waals surface area contributed by atoms with Crippen molar-refractivity contribution in [1.29, 1.82) is 0 Å². The zero-order valence-corrected chi connectivity index (χ0v) is 16.1. The fourth-order valence-corrected chi connectivity index (χ4v) is 7.90. The van der Waals surface area contributed by atoms with Crippen molar-refractivity contribution < 1.29 is 17.7 Å². The van der Waals surface area contributed by atoms with Crippen LogP contribution in [-0.4, -0.2) is 31.5 Å². The third-order valence-corrected chi connectivity index (χ3v) is 9.55. The molecule has 4 saturated carbocycles. The minimum atomic E-state index is -3.70. The topological polar surface area (TPSA) is 63.6 Å². The van der Waals surface area contributed by atoms with Crippen molar-refractivity contribution in [3.63, 3.8) is 0 Å². The Kier molecular flexibility index (Phi) is 4.03. The second kappa shape index (κ2) is 5.67. The van der Waals surface area contributed by atoms with Crippen LogP contribution >= 0.6 is 0 Å². The van der Waals surface area contributed by atoms with E-state index < -0.39 is 14.9 Å². The number of aliphatic hydroxyl groups is 1. The predicted octanol–water partition coefficient (Wildman–Crippen LogP) is 3.43. The summed E-state index contributed by atoms with van der Waals surface area (Å²) in [6, 6.07) is 0. The van der Waals surface area contributed by atoms with Crippen LogP contribution in [-0.2, 0) is 14.3 Å². The first kappa shape index (κ1) is 17.7. The van der Waals surface area contributed by atoms with E-state index in [2.05, 4.69) is 0 Å². The van der Waals surface area contributed by atoms with Crippen molar-refractivity contribution in [3.05, 3.63) is 24.3 Å². The molecule has 0 radical (unpaired) electrons. The summed E-state index contributed by atoms with van der Waals surface area (Å²) in [5.74, 6) is 1.15. The van der Waals surface area contributed by atoms with Gasteiger partial charge in [-0.2, -0.15) is 8.42 Å². The molecule has 4 atom stereocenters. The van der Waals surface area contributed by atoms with Gasteiger partial charge in [-0.1, -0.05) is 31.2 Å². The van der Waals surface area contributed by atoms with E-state index in [1.807, 2.05) is 19.1 Å². The zero-order valence-electron chi connectivity index (χ0n) is 15.3. The molecule has 5 aliphatic rings. The van der Waals surface area contributed by atoms with Gasteiger partial charge in [0.15, 0.2) is 0 Å². The first-order valence-electron chi connectivity index (χ1n) is 9.57. The van der Waals surface area contributed by atoms with E-state index >= 15 is 0 Å². The average Bonchev–Trinajstić information content (AvgIpc) is 2.55. The first-order chi connectivity index (χ1) is 11.7. The molecule has 4 bridgehead atoms. The van der Waals surface area contributed by atoms with Gasteiger partial charge in [-0.05, 0) is 74.0 Å². The van der Waals surface area contributed by atoms with Gasteiger partial charge < -0.3 is 5.11 Å². The minimum Gasteiger partial charge on any atom is -0.396 e. The fourth-order valence-electron chi connectivity index (χ4n) is 6.46. The quantitative estimate of drug-likeness (QED) is 0.757. The van der Waals surface area contributed by atoms with Crippen molar-refractivity contribution in [2.45, 2.75) is 57.1 Å². The Labute approximate surface area is 151 Å². The van der Waals surface area contributed by atoms with Crippen molar-refractivity contribution in [3.8, 4) is 0 Å². The van der Waals surface area contributed by atoms with E-state index in [1.165, 1.54) is 6.42 Å². The molecule has 0 aliphatic heterocycles. The number of rotatable bonds is 5. The lowest BCUT2D eigenvalue weighted by Gasteiger charge is -2.61. The zero-order chi connectivity index (χ0) is 17.9. The molecule has 140 valence electrons. The van der Waals surface area contributed by atoms with Crippen LogP contribution in [0.15, 0.2) is 24.3 Å². The number of hydrogen-bond acceptors (Lipinski definition) is 4. The molecule has 1 N–H and O–H groups in total. The van der Waals surface area contributed by atoms with Crippen LogP contribution in [0.1, 0.15) is 52.4 Å². The fraction of sp³-hybridized carbons (Fsp3) is 0.800. The molecule has 0 saturated heterocycles. The third kappa shape index (κ3) is 2.74. The summed E-state index contributed by atoms with van der Waals surface area (Å²) in [6.45, 7) is 4.19. The Morgan fingerprint density at radius 3 is 2.36 bits per heavy atom. The van der Waals surface area contributed by atoms with Gasteiger partial charge in [0.25, 0.3) is 10.1 Å². The van der Waals surface area contributed by atoms with Crippen molar-refractivity contribution in [2.24, 2.45) is 28.6 Å². The number of aliphatic hydroxyl groups excluding tert-OH is 1. The predicted molar refractivity (Wildman–Crippen MR) is 97.4 cm³/mol. The molecule has 5 aliphatic carbocycles. The molecule has 0 heterocycles. The van der Waals surface area contributed by atoms with Gasteiger partial charge in [-0.25, -0.2) is 0 Å². The van der Waals surface area contributed by atoms with Crippen LogP contribution in [0.5, 0.6) is 0 Å². The van der Waals surface area contributed by atoms with E-state index in [0.717, 1.165) is 32.1 Å². The highest BCUT2D eigenvalue weighted by Crippen LogP contribution is 2.65. The van der Waals surface area contributed by atoms with E-state index in [-0.39, 0.29) is 30.0 Å². The van der Waals surface area contributed by atoms with E-state index in [1.54, 1.807) is 19.1 Å². The van der Waals surface area contributed by atoms with Crippen LogP contribution in [0, 0.1) is 28.6 Å². The van der Waals surface area contributed by atoms with Gasteiger partial charge in [0, 0.05) is 6.61 Å². The second-order valence-electron chi connectivity index (χ2n) is 9.55. The Morgan fingerprint density at radius 1 is 1.12 bits per heavy atom. The Hall–Kier alpha value is -0.650. The van der Waals surface area contributed by atoms with E-state index in [0.29, 0.717) is 11.8 Å². The molecule has 0 aromatic rings. The summed E-state index contributed by atoms with van der Waals surface area (Å²) in [5.41, 5.74) is -0.0461. The summed E-state index contributed by atoms with van der Waals surface area (Å²) in [5, 5.41) is 9.98. The highest BCUT2D eigenvalue weighted by atomic mass is 32.2. The largest absolute Gasteiger partial charge is 0.396 e. The molecule has 0 spiro atoms. The van der Waals surface area contributed by atoms with Crippen LogP contribution in [0.2, 0.25) is 0 Å². The summed E-state index contributed by atoms with van der Waals surface area (Å²) >= 11 is 0. The third-order valence-electron chi connectivity index (χ3n) is 7.54. The molecular weight excluding hydrogens is 336 g/mol. The summed E-state index contributed by atoms with van der Waals surface area (Å²) < 4.78 is 30.7. The van der Waals surface area contributed by atoms with E-state index in [9.17, 15) is 13.5 Å². The molecule has 0 aromatic heterocycles. The highest BCUT2D eigenvalue weighted by molar-refractivity contribution is 7.88. The molecule has 5 rings (SSSR count). The molecular formula is C20H30O4S. The molecule has 4 nitrogen and oxygen atoms in total. The second-order valence-corrected chi connectivity index (χ2v) is 11.6. The Bertz CT molecular complexity index is 693. The molecule has 5 heteroatoms. The van der Waals surface area contributed by atoms with Gasteiger partial charge in [-0.3, -0.25) is 4.18 Å².